The third-order valence-electron chi connectivity index (χ3n) is 6.75. The van der Waals surface area contributed by atoms with Crippen LogP contribution in [0.5, 0.6) is 0 Å². The Hall–Kier alpha value is -2.04. The molecule has 0 aromatic heterocycles. The fraction of sp³-hybridized carbons (Fsp3) is 0.290. The van der Waals surface area contributed by atoms with Gasteiger partial charge in [-0.3, -0.25) is 4.79 Å². The molecular weight excluding hydrogens is 716 g/mol. The quantitative estimate of drug-likeness (QED) is 0.0730. The van der Waals surface area contributed by atoms with Gasteiger partial charge in [0.2, 0.25) is 9.70 Å². The lowest BCUT2D eigenvalue weighted by Crippen LogP contribution is -2.65. The van der Waals surface area contributed by atoms with Crippen molar-refractivity contribution in [1.82, 2.24) is 4.90 Å². The van der Waals surface area contributed by atoms with E-state index in [1.165, 1.54) is 35.3 Å². The zero-order valence-corrected chi connectivity index (χ0v) is 29.7. The molecule has 1 fully saturated rings. The molecule has 1 aliphatic rings. The van der Waals surface area contributed by atoms with E-state index in [1.54, 1.807) is 12.1 Å². The van der Waals surface area contributed by atoms with Gasteiger partial charge in [0.15, 0.2) is 6.04 Å². The third-order valence-corrected chi connectivity index (χ3v) is 12.4. The number of hydrogen-bond acceptors (Lipinski definition) is 8. The molecule has 3 aromatic carbocycles. The Labute approximate surface area is 292 Å². The average Bonchev–Trinajstić information content (AvgIpc) is 3.00. The van der Waals surface area contributed by atoms with Crippen molar-refractivity contribution in [1.29, 1.82) is 0 Å². The first-order valence-electron chi connectivity index (χ1n) is 13.7. The topological polar surface area (TPSA) is 93.1 Å². The van der Waals surface area contributed by atoms with Gasteiger partial charge in [-0.15, -0.1) is 11.8 Å². The van der Waals surface area contributed by atoms with Gasteiger partial charge in [-0.05, 0) is 42.1 Å². The molecule has 14 heteroatoms. The Bertz CT molecular complexity index is 1480. The highest BCUT2D eigenvalue weighted by Gasteiger charge is 2.57. The van der Waals surface area contributed by atoms with Crippen molar-refractivity contribution in [2.75, 3.05) is 12.4 Å². The van der Waals surface area contributed by atoms with Crippen LogP contribution in [0.4, 0.5) is 4.79 Å². The maximum atomic E-state index is 13.9. The van der Waals surface area contributed by atoms with Gasteiger partial charge in [0.05, 0.1) is 0 Å². The zero-order chi connectivity index (χ0) is 32.7. The summed E-state index contributed by atoms with van der Waals surface area (Å²) in [4.78, 5) is 40.7. The fourth-order valence-corrected chi connectivity index (χ4v) is 10.4. The van der Waals surface area contributed by atoms with Crippen LogP contribution in [-0.4, -0.2) is 59.2 Å². The molecule has 7 nitrogen and oxygen atoms in total. The van der Waals surface area contributed by atoms with Crippen LogP contribution >= 0.6 is 78.5 Å². The number of amides is 1. The molecule has 1 amide bonds. The second kappa shape index (κ2) is 16.2. The summed E-state index contributed by atoms with van der Waals surface area (Å²) in [5.74, 6) is -1.90. The summed E-state index contributed by atoms with van der Waals surface area (Å²) in [7, 11) is -1.19. The number of hydrogen-bond donors (Lipinski definition) is 1. The summed E-state index contributed by atoms with van der Waals surface area (Å²) in [6.07, 6.45) is -2.11. The molecule has 4 rings (SSSR count). The summed E-state index contributed by atoms with van der Waals surface area (Å²) in [6.45, 7) is 2.93. The largest absolute Gasteiger partial charge is 0.508 e. The van der Waals surface area contributed by atoms with Crippen molar-refractivity contribution in [3.8, 4) is 0 Å². The molecule has 4 unspecified atom stereocenters. The molecule has 0 aliphatic carbocycles. The normalized spacial score (nSPS) is 17.7. The molecule has 1 saturated heterocycles. The lowest BCUT2D eigenvalue weighted by Gasteiger charge is -2.50. The van der Waals surface area contributed by atoms with Crippen molar-refractivity contribution in [3.05, 3.63) is 90.5 Å². The first-order valence-corrected chi connectivity index (χ1v) is 18.5. The minimum Gasteiger partial charge on any atom is -0.479 e. The number of alkyl halides is 3. The number of carbonyl (C=O) groups is 3. The smallest absolute Gasteiger partial charge is 0.479 e. The van der Waals surface area contributed by atoms with Crippen molar-refractivity contribution in [2.24, 2.45) is 5.92 Å². The molecule has 1 aliphatic heterocycles. The van der Waals surface area contributed by atoms with Gasteiger partial charge < -0.3 is 19.5 Å². The number of carboxylic acids is 1. The monoisotopic (exact) mass is 743 g/mol. The lowest BCUT2D eigenvalue weighted by molar-refractivity contribution is -0.170. The van der Waals surface area contributed by atoms with Gasteiger partial charge in [0.25, 0.3) is 0 Å². The molecule has 0 bridgehead atoms. The number of rotatable bonds is 11. The highest BCUT2D eigenvalue weighted by Crippen LogP contribution is 2.47. The van der Waals surface area contributed by atoms with Gasteiger partial charge in [-0.1, -0.05) is 151 Å². The Morgan fingerprint density at radius 1 is 1.00 bits per heavy atom. The fourth-order valence-electron chi connectivity index (χ4n) is 4.90. The number of carbonyl (C=O) groups excluding carboxylic acids is 2. The summed E-state index contributed by atoms with van der Waals surface area (Å²) >= 11 is 25.2. The van der Waals surface area contributed by atoms with E-state index in [2.05, 4.69) is 0 Å². The molecule has 0 spiro atoms. The van der Waals surface area contributed by atoms with Gasteiger partial charge in [0.1, 0.15) is 27.5 Å². The van der Waals surface area contributed by atoms with E-state index >= 15 is 0 Å². The molecule has 1 N–H and O–H groups in total. The number of halogens is 3. The molecule has 1 heterocycles. The number of thiocarbonyl (C=S) groups is 1. The first-order chi connectivity index (χ1) is 21.4. The third kappa shape index (κ3) is 9.07. The van der Waals surface area contributed by atoms with E-state index < -0.39 is 59.8 Å². The van der Waals surface area contributed by atoms with Crippen LogP contribution in [0.1, 0.15) is 25.5 Å². The number of β-lactam (4-membered cyclic amide) rings is 1. The molecule has 45 heavy (non-hydrogen) atoms. The van der Waals surface area contributed by atoms with Gasteiger partial charge in [-0.25, -0.2) is 9.59 Å². The van der Waals surface area contributed by atoms with Crippen LogP contribution in [0.25, 0.3) is 0 Å². The standard InChI is InChI=1S/C31H29Cl3NO6PS3/c1-3-44-30(43)45-27-24(19(2)41-29(39)40-18-31(32,33)34)26(36)35(27)25(28(37)38)22-16-10-11-17-23(22)42(20-12-6-4-7-13-20)21-14-8-5-9-15-21/h4-17,19,24-25,27H,3,18H2,1-2H3,(H,37,38). The van der Waals surface area contributed by atoms with Crippen LogP contribution in [0.2, 0.25) is 0 Å². The van der Waals surface area contributed by atoms with Gasteiger partial charge >= 0.3 is 12.1 Å². The summed E-state index contributed by atoms with van der Waals surface area (Å²) in [5, 5.41) is 12.9. The summed E-state index contributed by atoms with van der Waals surface area (Å²) < 4.78 is 8.95. The number of benzene rings is 3. The van der Waals surface area contributed by atoms with Gasteiger partial charge in [0, 0.05) is 0 Å². The van der Waals surface area contributed by atoms with E-state index in [0.717, 1.165) is 15.9 Å². The van der Waals surface area contributed by atoms with Crippen molar-refractivity contribution >= 4 is 116 Å². The van der Waals surface area contributed by atoms with E-state index in [-0.39, 0.29) is 0 Å². The number of likely N-dealkylation sites (tertiary alicyclic amines) is 1. The minimum absolute atomic E-state index is 0.492. The number of carboxylic acid groups (broad SMARTS) is 1. The average molecular weight is 745 g/mol. The second-order valence-corrected chi connectivity index (χ2v) is 18.0. The van der Waals surface area contributed by atoms with Crippen LogP contribution in [-0.2, 0) is 19.1 Å². The van der Waals surface area contributed by atoms with Crippen LogP contribution in [0.3, 0.4) is 0 Å². The predicted molar refractivity (Wildman–Crippen MR) is 190 cm³/mol. The molecule has 0 radical (unpaired) electrons. The van der Waals surface area contributed by atoms with Crippen LogP contribution in [0, 0.1) is 5.92 Å². The van der Waals surface area contributed by atoms with Gasteiger partial charge in [-0.2, -0.15) is 0 Å². The summed E-state index contributed by atoms with van der Waals surface area (Å²) in [6, 6.07) is 25.8. The highest BCUT2D eigenvalue weighted by atomic mass is 35.6. The number of nitrogens with zero attached hydrogens (tertiary/aromatic N) is 1. The first kappa shape index (κ1) is 35.8. The Morgan fingerprint density at radius 2 is 1.56 bits per heavy atom. The summed E-state index contributed by atoms with van der Waals surface area (Å²) in [5.41, 5.74) is 0.492. The minimum atomic E-state index is -1.84. The molecule has 0 saturated carbocycles. The van der Waals surface area contributed by atoms with E-state index in [0.29, 0.717) is 14.8 Å². The molecular formula is C31H29Cl3NO6PS3. The van der Waals surface area contributed by atoms with Crippen LogP contribution in [0.15, 0.2) is 84.9 Å². The SMILES string of the molecule is CCSC(=S)SC1C(C(C)OC(=O)OCC(Cl)(Cl)Cl)C(=O)N1C(C(=O)O)c1ccccc1P(c1ccccc1)c1ccccc1. The molecule has 238 valence electrons. The lowest BCUT2D eigenvalue weighted by atomic mass is 9.89. The van der Waals surface area contributed by atoms with Crippen molar-refractivity contribution in [3.63, 3.8) is 0 Å². The molecule has 3 aromatic rings. The number of aliphatic carboxylic acids is 1. The number of ether oxygens (including phenoxy) is 2. The van der Waals surface area contributed by atoms with Crippen LogP contribution < -0.4 is 15.9 Å². The predicted octanol–water partition coefficient (Wildman–Crippen LogP) is 7.04. The Balaban J connectivity index is 1.73. The van der Waals surface area contributed by atoms with E-state index in [9.17, 15) is 19.5 Å². The number of thioether (sulfide) groups is 2. The maximum Gasteiger partial charge on any atom is 0.508 e. The maximum absolute atomic E-state index is 13.9. The Kier molecular flexibility index (Phi) is 12.9. The zero-order valence-electron chi connectivity index (χ0n) is 24.0. The Morgan fingerprint density at radius 3 is 2.09 bits per heavy atom. The van der Waals surface area contributed by atoms with E-state index in [1.807, 2.05) is 79.7 Å². The highest BCUT2D eigenvalue weighted by molar-refractivity contribution is 8.47. The second-order valence-electron chi connectivity index (χ2n) is 9.75. The van der Waals surface area contributed by atoms with Crippen molar-refractivity contribution < 1.29 is 29.0 Å². The molecule has 4 atom stereocenters. The van der Waals surface area contributed by atoms with E-state index in [4.69, 9.17) is 56.5 Å². The van der Waals surface area contributed by atoms with Crippen molar-refractivity contribution in [2.45, 2.75) is 35.2 Å².